The number of rotatable bonds is 8. The Morgan fingerprint density at radius 1 is 1.32 bits per heavy atom. The van der Waals surface area contributed by atoms with Crippen molar-refractivity contribution < 1.29 is 14.3 Å². The molecule has 1 aliphatic rings. The molecule has 2 amide bonds. The maximum atomic E-state index is 12.3. The van der Waals surface area contributed by atoms with E-state index in [9.17, 15) is 9.59 Å². The minimum atomic E-state index is -0.162. The predicted molar refractivity (Wildman–Crippen MR) is 97.8 cm³/mol. The van der Waals surface area contributed by atoms with E-state index in [0.717, 1.165) is 25.9 Å². The Morgan fingerprint density at radius 3 is 2.88 bits per heavy atom. The highest BCUT2D eigenvalue weighted by atomic mass is 16.5. The maximum absolute atomic E-state index is 12.3. The standard InChI is InChI=1S/C19H29N3O3/c1-3-25-17-10-5-4-9-16(17)19(24)21-12-6-11-18(23)22-13-7-8-15(14-22)20-2/h4-5,9-10,15,20H,3,6-8,11-14H2,1-2H3,(H,21,24). The Kier molecular flexibility index (Phi) is 7.73. The maximum Gasteiger partial charge on any atom is 0.255 e. The minimum Gasteiger partial charge on any atom is -0.493 e. The average molecular weight is 347 g/mol. The van der Waals surface area contributed by atoms with Crippen LogP contribution in [0.1, 0.15) is 43.0 Å². The Labute approximate surface area is 149 Å². The molecule has 6 heteroatoms. The molecule has 1 saturated heterocycles. The molecule has 0 bridgehead atoms. The molecule has 1 heterocycles. The van der Waals surface area contributed by atoms with Crippen LogP contribution < -0.4 is 15.4 Å². The molecule has 0 aromatic heterocycles. The summed E-state index contributed by atoms with van der Waals surface area (Å²) in [6, 6.07) is 7.59. The third-order valence-corrected chi connectivity index (χ3v) is 4.47. The number of hydrogen-bond donors (Lipinski definition) is 2. The molecule has 1 atom stereocenters. The molecular formula is C19H29N3O3. The Hall–Kier alpha value is -2.08. The highest BCUT2D eigenvalue weighted by Crippen LogP contribution is 2.17. The third-order valence-electron chi connectivity index (χ3n) is 4.47. The van der Waals surface area contributed by atoms with Gasteiger partial charge < -0.3 is 20.3 Å². The van der Waals surface area contributed by atoms with Crippen LogP contribution in [0.25, 0.3) is 0 Å². The summed E-state index contributed by atoms with van der Waals surface area (Å²) >= 11 is 0. The summed E-state index contributed by atoms with van der Waals surface area (Å²) in [5, 5.41) is 6.12. The van der Waals surface area contributed by atoms with Gasteiger partial charge >= 0.3 is 0 Å². The molecule has 0 spiro atoms. The highest BCUT2D eigenvalue weighted by molar-refractivity contribution is 5.96. The number of likely N-dealkylation sites (N-methyl/N-ethyl adjacent to an activating group) is 1. The molecule has 0 radical (unpaired) electrons. The Bertz CT molecular complexity index is 577. The van der Waals surface area contributed by atoms with Gasteiger partial charge in [0.2, 0.25) is 5.91 Å². The van der Waals surface area contributed by atoms with Crippen LogP contribution in [0.15, 0.2) is 24.3 Å². The van der Waals surface area contributed by atoms with Gasteiger partial charge in [0.15, 0.2) is 0 Å². The fraction of sp³-hybridized carbons (Fsp3) is 0.579. The van der Waals surface area contributed by atoms with Gasteiger partial charge in [0.05, 0.1) is 12.2 Å². The van der Waals surface area contributed by atoms with E-state index in [1.54, 1.807) is 12.1 Å². The van der Waals surface area contributed by atoms with Crippen LogP contribution in [0.4, 0.5) is 0 Å². The van der Waals surface area contributed by atoms with Crippen molar-refractivity contribution in [1.29, 1.82) is 0 Å². The van der Waals surface area contributed by atoms with Crippen LogP contribution in [0, 0.1) is 0 Å². The quantitative estimate of drug-likeness (QED) is 0.704. The summed E-state index contributed by atoms with van der Waals surface area (Å²) in [4.78, 5) is 26.5. The first-order valence-electron chi connectivity index (χ1n) is 9.10. The number of para-hydroxylation sites is 1. The number of hydrogen-bond acceptors (Lipinski definition) is 4. The monoisotopic (exact) mass is 347 g/mol. The van der Waals surface area contributed by atoms with Crippen LogP contribution in [-0.2, 0) is 4.79 Å². The van der Waals surface area contributed by atoms with Crippen LogP contribution in [-0.4, -0.2) is 56.0 Å². The van der Waals surface area contributed by atoms with Gasteiger partial charge in [-0.2, -0.15) is 0 Å². The zero-order chi connectivity index (χ0) is 18.1. The molecule has 25 heavy (non-hydrogen) atoms. The summed E-state index contributed by atoms with van der Waals surface area (Å²) in [7, 11) is 1.94. The van der Waals surface area contributed by atoms with Crippen molar-refractivity contribution in [3.8, 4) is 5.75 Å². The van der Waals surface area contributed by atoms with Crippen molar-refractivity contribution in [2.24, 2.45) is 0 Å². The van der Waals surface area contributed by atoms with Crippen LogP contribution in [0.3, 0.4) is 0 Å². The molecule has 0 saturated carbocycles. The van der Waals surface area contributed by atoms with Crippen LogP contribution >= 0.6 is 0 Å². The van der Waals surface area contributed by atoms with E-state index in [1.807, 2.05) is 31.0 Å². The Morgan fingerprint density at radius 2 is 2.12 bits per heavy atom. The van der Waals surface area contributed by atoms with Gasteiger partial charge in [-0.3, -0.25) is 9.59 Å². The van der Waals surface area contributed by atoms with Crippen molar-refractivity contribution in [2.45, 2.75) is 38.6 Å². The molecule has 1 aliphatic heterocycles. The fourth-order valence-electron chi connectivity index (χ4n) is 3.07. The van der Waals surface area contributed by atoms with E-state index >= 15 is 0 Å². The number of nitrogens with zero attached hydrogens (tertiary/aromatic N) is 1. The van der Waals surface area contributed by atoms with Crippen LogP contribution in [0.5, 0.6) is 5.75 Å². The van der Waals surface area contributed by atoms with E-state index in [0.29, 0.717) is 43.3 Å². The number of benzene rings is 1. The van der Waals surface area contributed by atoms with Gasteiger partial charge in [-0.1, -0.05) is 12.1 Å². The number of carbonyl (C=O) groups is 2. The predicted octanol–water partition coefficient (Wildman–Crippen LogP) is 1.81. The van der Waals surface area contributed by atoms with E-state index < -0.39 is 0 Å². The topological polar surface area (TPSA) is 70.7 Å². The lowest BCUT2D eigenvalue weighted by atomic mass is 10.1. The molecule has 1 aromatic carbocycles. The van der Waals surface area contributed by atoms with Crippen molar-refractivity contribution in [3.05, 3.63) is 29.8 Å². The molecule has 0 aliphatic carbocycles. The van der Waals surface area contributed by atoms with Gasteiger partial charge in [-0.05, 0) is 45.4 Å². The van der Waals surface area contributed by atoms with Gasteiger partial charge in [0.25, 0.3) is 5.91 Å². The SMILES string of the molecule is CCOc1ccccc1C(=O)NCCCC(=O)N1CCCC(NC)C1. The van der Waals surface area contributed by atoms with Gasteiger partial charge in [0, 0.05) is 32.1 Å². The van der Waals surface area contributed by atoms with E-state index in [-0.39, 0.29) is 11.8 Å². The lowest BCUT2D eigenvalue weighted by molar-refractivity contribution is -0.132. The first kappa shape index (κ1) is 19.2. The van der Waals surface area contributed by atoms with Gasteiger partial charge in [0.1, 0.15) is 5.75 Å². The molecule has 138 valence electrons. The smallest absolute Gasteiger partial charge is 0.255 e. The average Bonchev–Trinajstić information content (AvgIpc) is 2.65. The van der Waals surface area contributed by atoms with Crippen molar-refractivity contribution in [1.82, 2.24) is 15.5 Å². The fourth-order valence-corrected chi connectivity index (χ4v) is 3.07. The Balaban J connectivity index is 1.73. The normalized spacial score (nSPS) is 17.2. The lowest BCUT2D eigenvalue weighted by Gasteiger charge is -2.32. The number of piperidine rings is 1. The highest BCUT2D eigenvalue weighted by Gasteiger charge is 2.22. The van der Waals surface area contributed by atoms with Gasteiger partial charge in [-0.15, -0.1) is 0 Å². The molecule has 2 N–H and O–H groups in total. The summed E-state index contributed by atoms with van der Waals surface area (Å²) in [6.07, 6.45) is 3.27. The second kappa shape index (κ2) is 10.0. The first-order valence-corrected chi connectivity index (χ1v) is 9.10. The minimum absolute atomic E-state index is 0.162. The summed E-state index contributed by atoms with van der Waals surface area (Å²) in [5.41, 5.74) is 0.531. The number of nitrogens with one attached hydrogen (secondary N) is 2. The molecular weight excluding hydrogens is 318 g/mol. The molecule has 2 rings (SSSR count). The third kappa shape index (κ3) is 5.74. The zero-order valence-electron chi connectivity index (χ0n) is 15.2. The largest absolute Gasteiger partial charge is 0.493 e. The number of likely N-dealkylation sites (tertiary alicyclic amines) is 1. The van der Waals surface area contributed by atoms with Crippen LogP contribution in [0.2, 0.25) is 0 Å². The van der Waals surface area contributed by atoms with E-state index in [4.69, 9.17) is 4.74 Å². The lowest BCUT2D eigenvalue weighted by Crippen LogP contribution is -2.47. The molecule has 1 unspecified atom stereocenters. The molecule has 1 aromatic rings. The number of carbonyl (C=O) groups excluding carboxylic acids is 2. The summed E-state index contributed by atoms with van der Waals surface area (Å²) < 4.78 is 5.48. The van der Waals surface area contributed by atoms with Crippen molar-refractivity contribution in [2.75, 3.05) is 33.3 Å². The first-order chi connectivity index (χ1) is 12.2. The second-order valence-electron chi connectivity index (χ2n) is 6.26. The van der Waals surface area contributed by atoms with E-state index in [2.05, 4.69) is 10.6 Å². The number of amides is 2. The molecule has 6 nitrogen and oxygen atoms in total. The van der Waals surface area contributed by atoms with Crippen molar-refractivity contribution >= 4 is 11.8 Å². The van der Waals surface area contributed by atoms with Crippen molar-refractivity contribution in [3.63, 3.8) is 0 Å². The number of ether oxygens (including phenoxy) is 1. The summed E-state index contributed by atoms with van der Waals surface area (Å²) in [5.74, 6) is 0.596. The van der Waals surface area contributed by atoms with E-state index in [1.165, 1.54) is 0 Å². The molecule has 1 fully saturated rings. The summed E-state index contributed by atoms with van der Waals surface area (Å²) in [6.45, 7) is 4.50. The second-order valence-corrected chi connectivity index (χ2v) is 6.26. The van der Waals surface area contributed by atoms with Gasteiger partial charge in [-0.25, -0.2) is 0 Å². The zero-order valence-corrected chi connectivity index (χ0v) is 15.2.